The monoisotopic (exact) mass is 490 g/mol. The topological polar surface area (TPSA) is 79.0 Å². The van der Waals surface area contributed by atoms with E-state index in [0.717, 1.165) is 28.0 Å². The second kappa shape index (κ2) is 10.5. The Balaban J connectivity index is 1.72. The molecule has 6 nitrogen and oxygen atoms in total. The maximum atomic E-state index is 14.7. The number of rotatable bonds is 7. The van der Waals surface area contributed by atoms with Crippen molar-refractivity contribution in [3.63, 3.8) is 0 Å². The van der Waals surface area contributed by atoms with Crippen molar-refractivity contribution in [3.05, 3.63) is 94.3 Å². The minimum Gasteiger partial charge on any atom is -0.311 e. The third-order valence-electron chi connectivity index (χ3n) is 5.31. The van der Waals surface area contributed by atoms with Gasteiger partial charge in [0.15, 0.2) is 5.16 Å². The van der Waals surface area contributed by atoms with E-state index in [1.54, 1.807) is 36.4 Å². The predicted octanol–water partition coefficient (Wildman–Crippen LogP) is 5.01. The summed E-state index contributed by atoms with van der Waals surface area (Å²) in [6, 6.07) is 18.9. The smallest absolute Gasteiger partial charge is 0.266 e. The molecule has 0 fully saturated rings. The number of hydrogen-bond donors (Lipinski definition) is 0. The fourth-order valence-electron chi connectivity index (χ4n) is 3.57. The largest absolute Gasteiger partial charge is 0.311 e. The molecule has 0 saturated heterocycles. The van der Waals surface area contributed by atoms with Gasteiger partial charge in [-0.3, -0.25) is 14.2 Å². The Labute approximate surface area is 204 Å². The van der Waals surface area contributed by atoms with Gasteiger partial charge in [0, 0.05) is 18.3 Å². The Kier molecular flexibility index (Phi) is 7.22. The van der Waals surface area contributed by atoms with Crippen molar-refractivity contribution < 1.29 is 13.6 Å². The highest BCUT2D eigenvalue weighted by Gasteiger charge is 2.20. The lowest BCUT2D eigenvalue weighted by atomic mass is 10.2. The van der Waals surface area contributed by atoms with Crippen molar-refractivity contribution >= 4 is 34.3 Å². The van der Waals surface area contributed by atoms with Crippen LogP contribution >= 0.6 is 11.8 Å². The molecular formula is C26H20F2N4O2S. The highest BCUT2D eigenvalue weighted by Crippen LogP contribution is 2.25. The average molecular weight is 491 g/mol. The van der Waals surface area contributed by atoms with Crippen LogP contribution in [-0.4, -0.2) is 27.8 Å². The maximum Gasteiger partial charge on any atom is 0.266 e. The number of amides is 1. The number of thioether (sulfide) groups is 1. The molecule has 1 heterocycles. The molecule has 1 aromatic heterocycles. The zero-order valence-corrected chi connectivity index (χ0v) is 19.6. The second-order valence-corrected chi connectivity index (χ2v) is 8.67. The van der Waals surface area contributed by atoms with Crippen LogP contribution < -0.4 is 10.5 Å². The Morgan fingerprint density at radius 3 is 2.57 bits per heavy atom. The van der Waals surface area contributed by atoms with Gasteiger partial charge < -0.3 is 4.90 Å². The number of carbonyl (C=O) groups excluding carboxylic acids is 1. The number of halogens is 2. The zero-order valence-electron chi connectivity index (χ0n) is 18.7. The minimum absolute atomic E-state index is 0.0942. The summed E-state index contributed by atoms with van der Waals surface area (Å²) in [6.45, 7) is 2.13. The number of nitriles is 1. The van der Waals surface area contributed by atoms with E-state index in [1.807, 2.05) is 25.1 Å². The molecule has 0 aliphatic carbocycles. The molecule has 0 aliphatic rings. The summed E-state index contributed by atoms with van der Waals surface area (Å²) in [5, 5.41) is 9.39. The van der Waals surface area contributed by atoms with Crippen LogP contribution in [0.3, 0.4) is 0 Å². The summed E-state index contributed by atoms with van der Waals surface area (Å²) in [5.41, 5.74) is 1.37. The number of aryl methyl sites for hydroxylation is 1. The number of carbonyl (C=O) groups is 1. The number of anilines is 1. The van der Waals surface area contributed by atoms with Crippen molar-refractivity contribution in [2.24, 2.45) is 0 Å². The van der Waals surface area contributed by atoms with Crippen LogP contribution in [0, 0.1) is 29.9 Å². The Morgan fingerprint density at radius 1 is 1.11 bits per heavy atom. The van der Waals surface area contributed by atoms with Gasteiger partial charge in [-0.1, -0.05) is 41.6 Å². The highest BCUT2D eigenvalue weighted by atomic mass is 32.2. The number of para-hydroxylation sites is 1. The van der Waals surface area contributed by atoms with E-state index in [1.165, 1.54) is 11.0 Å². The van der Waals surface area contributed by atoms with Crippen LogP contribution in [0.15, 0.2) is 76.7 Å². The molecular weight excluding hydrogens is 470 g/mol. The van der Waals surface area contributed by atoms with Gasteiger partial charge in [0.05, 0.1) is 34.8 Å². The van der Waals surface area contributed by atoms with Crippen LogP contribution in [-0.2, 0) is 4.79 Å². The van der Waals surface area contributed by atoms with E-state index in [9.17, 15) is 18.4 Å². The van der Waals surface area contributed by atoms with Crippen LogP contribution in [0.5, 0.6) is 0 Å². The number of hydrogen-bond acceptors (Lipinski definition) is 5. The summed E-state index contributed by atoms with van der Waals surface area (Å²) in [6.07, 6.45) is 0.143. The van der Waals surface area contributed by atoms with Gasteiger partial charge in [-0.05, 0) is 43.3 Å². The third kappa shape index (κ3) is 5.23. The molecule has 4 rings (SSSR count). The van der Waals surface area contributed by atoms with Gasteiger partial charge in [-0.15, -0.1) is 0 Å². The van der Waals surface area contributed by atoms with Gasteiger partial charge in [-0.2, -0.15) is 5.26 Å². The molecule has 0 spiro atoms. The lowest BCUT2D eigenvalue weighted by molar-refractivity contribution is -0.116. The quantitative estimate of drug-likeness (QED) is 0.269. The standard InChI is InChI=1S/C26H20F2N4O2S/c1-17-7-10-19(11-8-17)31(14-4-13-29)24(33)16-35-26-30-22-6-3-2-5-20(22)25(34)32(26)23-12-9-18(27)15-21(23)28/h2-3,5-12,15H,4,14,16H2,1H3. The summed E-state index contributed by atoms with van der Waals surface area (Å²) < 4.78 is 29.3. The van der Waals surface area contributed by atoms with E-state index in [0.29, 0.717) is 17.3 Å². The fraction of sp³-hybridized carbons (Fsp3) is 0.154. The summed E-state index contributed by atoms with van der Waals surface area (Å²) in [7, 11) is 0. The van der Waals surface area contributed by atoms with Crippen molar-refractivity contribution in [1.82, 2.24) is 9.55 Å². The van der Waals surface area contributed by atoms with Gasteiger partial charge >= 0.3 is 0 Å². The van der Waals surface area contributed by atoms with Crippen LogP contribution in [0.4, 0.5) is 14.5 Å². The molecule has 0 saturated carbocycles. The third-order valence-corrected chi connectivity index (χ3v) is 6.24. The number of fused-ring (bicyclic) bond motifs is 1. The molecule has 0 N–H and O–H groups in total. The fourth-order valence-corrected chi connectivity index (χ4v) is 4.45. The zero-order chi connectivity index (χ0) is 24.9. The van der Waals surface area contributed by atoms with Gasteiger partial charge in [-0.25, -0.2) is 13.8 Å². The molecule has 0 bridgehead atoms. The Hall–Kier alpha value is -4.03. The Morgan fingerprint density at radius 2 is 1.86 bits per heavy atom. The number of benzene rings is 3. The molecule has 9 heteroatoms. The molecule has 0 unspecified atom stereocenters. The molecule has 0 atom stereocenters. The predicted molar refractivity (Wildman–Crippen MR) is 132 cm³/mol. The lowest BCUT2D eigenvalue weighted by Gasteiger charge is -2.22. The highest BCUT2D eigenvalue weighted by molar-refractivity contribution is 7.99. The summed E-state index contributed by atoms with van der Waals surface area (Å²) in [5.74, 6) is -2.12. The van der Waals surface area contributed by atoms with E-state index in [-0.39, 0.29) is 40.9 Å². The Bertz CT molecular complexity index is 1500. The normalized spacial score (nSPS) is 10.8. The van der Waals surface area contributed by atoms with Gasteiger partial charge in [0.1, 0.15) is 11.6 Å². The van der Waals surface area contributed by atoms with Crippen LogP contribution in [0.1, 0.15) is 12.0 Å². The lowest BCUT2D eigenvalue weighted by Crippen LogP contribution is -2.33. The second-order valence-electron chi connectivity index (χ2n) is 7.73. The summed E-state index contributed by atoms with van der Waals surface area (Å²) in [4.78, 5) is 32.4. The molecule has 0 aliphatic heterocycles. The molecule has 4 aromatic rings. The first-order valence-corrected chi connectivity index (χ1v) is 11.7. The van der Waals surface area contributed by atoms with Crippen molar-refractivity contribution in [2.75, 3.05) is 17.2 Å². The molecule has 3 aromatic carbocycles. The van der Waals surface area contributed by atoms with Crippen LogP contribution in [0.25, 0.3) is 16.6 Å². The molecule has 35 heavy (non-hydrogen) atoms. The van der Waals surface area contributed by atoms with E-state index >= 15 is 0 Å². The summed E-state index contributed by atoms with van der Waals surface area (Å²) >= 11 is 0.969. The van der Waals surface area contributed by atoms with Crippen molar-refractivity contribution in [2.45, 2.75) is 18.5 Å². The van der Waals surface area contributed by atoms with E-state index in [2.05, 4.69) is 4.98 Å². The van der Waals surface area contributed by atoms with Crippen molar-refractivity contribution in [1.29, 1.82) is 5.26 Å². The van der Waals surface area contributed by atoms with Crippen LogP contribution in [0.2, 0.25) is 0 Å². The van der Waals surface area contributed by atoms with Gasteiger partial charge in [0.2, 0.25) is 5.91 Å². The number of aromatic nitrogens is 2. The first-order valence-electron chi connectivity index (χ1n) is 10.7. The number of nitrogens with zero attached hydrogens (tertiary/aromatic N) is 4. The van der Waals surface area contributed by atoms with Crippen molar-refractivity contribution in [3.8, 4) is 11.8 Å². The first kappa shape index (κ1) is 24.1. The molecule has 0 radical (unpaired) electrons. The first-order chi connectivity index (χ1) is 16.9. The van der Waals surface area contributed by atoms with Gasteiger partial charge in [0.25, 0.3) is 5.56 Å². The minimum atomic E-state index is -0.923. The average Bonchev–Trinajstić information content (AvgIpc) is 2.85. The molecule has 1 amide bonds. The van der Waals surface area contributed by atoms with E-state index < -0.39 is 17.2 Å². The molecule has 176 valence electrons. The maximum absolute atomic E-state index is 14.7. The van der Waals surface area contributed by atoms with E-state index in [4.69, 9.17) is 5.26 Å². The SMILES string of the molecule is Cc1ccc(N(CCC#N)C(=O)CSc2nc3ccccc3c(=O)n2-c2ccc(F)cc2F)cc1.